The first-order valence-corrected chi connectivity index (χ1v) is 7.38. The maximum atomic E-state index is 5.54. The molecule has 1 fully saturated rings. The molecule has 19 heavy (non-hydrogen) atoms. The molecule has 0 saturated heterocycles. The van der Waals surface area contributed by atoms with E-state index in [4.69, 9.17) is 4.74 Å². The van der Waals surface area contributed by atoms with Gasteiger partial charge in [-0.3, -0.25) is 0 Å². The van der Waals surface area contributed by atoms with Gasteiger partial charge in [-0.25, -0.2) is 0 Å². The lowest BCUT2D eigenvalue weighted by atomic mass is 9.79. The summed E-state index contributed by atoms with van der Waals surface area (Å²) in [7, 11) is 3.81. The molecule has 1 aliphatic rings. The smallest absolute Gasteiger partial charge is 0.0640 e. The van der Waals surface area contributed by atoms with E-state index in [2.05, 4.69) is 43.4 Å². The molecule has 0 radical (unpaired) electrons. The predicted octanol–water partition coefficient (Wildman–Crippen LogP) is 4.03. The molecule has 0 bridgehead atoms. The van der Waals surface area contributed by atoms with Crippen LogP contribution < -0.4 is 5.32 Å². The van der Waals surface area contributed by atoms with Crippen LogP contribution in [0.4, 0.5) is 0 Å². The Morgan fingerprint density at radius 2 is 1.89 bits per heavy atom. The summed E-state index contributed by atoms with van der Waals surface area (Å²) in [5.74, 6) is 0.817. The average molecular weight is 261 g/mol. The van der Waals surface area contributed by atoms with Crippen LogP contribution in [-0.2, 0) is 4.74 Å². The van der Waals surface area contributed by atoms with Crippen LogP contribution in [0.15, 0.2) is 24.3 Å². The van der Waals surface area contributed by atoms with Gasteiger partial charge < -0.3 is 10.1 Å². The zero-order valence-corrected chi connectivity index (χ0v) is 12.7. The maximum Gasteiger partial charge on any atom is 0.0640 e. The number of hydrogen-bond acceptors (Lipinski definition) is 2. The number of nitrogens with one attached hydrogen (secondary N) is 1. The van der Waals surface area contributed by atoms with Crippen molar-refractivity contribution < 1.29 is 4.74 Å². The van der Waals surface area contributed by atoms with E-state index in [-0.39, 0.29) is 5.60 Å². The summed E-state index contributed by atoms with van der Waals surface area (Å²) >= 11 is 0. The van der Waals surface area contributed by atoms with E-state index >= 15 is 0 Å². The van der Waals surface area contributed by atoms with E-state index in [1.807, 2.05) is 7.05 Å². The molecule has 1 atom stereocenters. The minimum Gasteiger partial charge on any atom is -0.379 e. The molecule has 2 rings (SSSR count). The van der Waals surface area contributed by atoms with E-state index in [1.54, 1.807) is 7.11 Å². The third-order valence-electron chi connectivity index (χ3n) is 4.51. The summed E-state index contributed by atoms with van der Waals surface area (Å²) in [6, 6.07) is 9.53. The summed E-state index contributed by atoms with van der Waals surface area (Å²) in [6.07, 6.45) is 5.10. The van der Waals surface area contributed by atoms with Gasteiger partial charge in [0.15, 0.2) is 0 Å². The first kappa shape index (κ1) is 14.5. The van der Waals surface area contributed by atoms with Crippen molar-refractivity contribution in [2.45, 2.75) is 57.1 Å². The summed E-state index contributed by atoms with van der Waals surface area (Å²) in [4.78, 5) is 0. The van der Waals surface area contributed by atoms with Crippen LogP contribution in [0, 0.1) is 0 Å². The van der Waals surface area contributed by atoms with Crippen LogP contribution in [0.2, 0.25) is 0 Å². The molecular weight excluding hydrogens is 234 g/mol. The minimum absolute atomic E-state index is 0.0969. The van der Waals surface area contributed by atoms with Gasteiger partial charge >= 0.3 is 0 Å². The van der Waals surface area contributed by atoms with Gasteiger partial charge in [-0.05, 0) is 57.2 Å². The number of benzene rings is 1. The molecule has 0 spiro atoms. The first-order valence-electron chi connectivity index (χ1n) is 7.38. The fraction of sp³-hybridized carbons (Fsp3) is 0.647. The topological polar surface area (TPSA) is 21.3 Å². The summed E-state index contributed by atoms with van der Waals surface area (Å²) < 4.78 is 5.54. The number of ether oxygens (including phenoxy) is 1. The Kier molecular flexibility index (Phi) is 4.64. The zero-order valence-electron chi connectivity index (χ0n) is 12.7. The normalized spacial score (nSPS) is 18.1. The first-order chi connectivity index (χ1) is 9.05. The van der Waals surface area contributed by atoms with Crippen molar-refractivity contribution in [2.75, 3.05) is 14.2 Å². The minimum atomic E-state index is -0.0969. The molecule has 106 valence electrons. The largest absolute Gasteiger partial charge is 0.379 e. The van der Waals surface area contributed by atoms with Gasteiger partial charge in [-0.1, -0.05) is 30.7 Å². The Morgan fingerprint density at radius 1 is 1.26 bits per heavy atom. The number of methoxy groups -OCH3 is 1. The molecule has 0 amide bonds. The van der Waals surface area contributed by atoms with Crippen LogP contribution in [-0.4, -0.2) is 19.8 Å². The highest BCUT2D eigenvalue weighted by atomic mass is 16.5. The SMILES string of the molecule is CNC(CC(C)(C)OC)c1ccc(C2CCC2)cc1. The van der Waals surface area contributed by atoms with Gasteiger partial charge in [-0.2, -0.15) is 0 Å². The highest BCUT2D eigenvalue weighted by molar-refractivity contribution is 5.28. The molecule has 1 unspecified atom stereocenters. The Balaban J connectivity index is 2.05. The van der Waals surface area contributed by atoms with Crippen LogP contribution >= 0.6 is 0 Å². The Bertz CT molecular complexity index is 392. The van der Waals surface area contributed by atoms with Crippen molar-refractivity contribution in [3.8, 4) is 0 Å². The number of rotatable bonds is 6. The third-order valence-corrected chi connectivity index (χ3v) is 4.51. The third kappa shape index (κ3) is 3.58. The highest BCUT2D eigenvalue weighted by Gasteiger charge is 2.24. The van der Waals surface area contributed by atoms with Gasteiger partial charge in [-0.15, -0.1) is 0 Å². The standard InChI is InChI=1S/C17H27NO/c1-17(2,19-4)12-16(18-3)15-10-8-14(9-11-15)13-6-5-7-13/h8-11,13,16,18H,5-7,12H2,1-4H3. The van der Waals surface area contributed by atoms with Gasteiger partial charge in [0, 0.05) is 13.2 Å². The van der Waals surface area contributed by atoms with Crippen LogP contribution in [0.25, 0.3) is 0 Å². The van der Waals surface area contributed by atoms with Gasteiger partial charge in [0.2, 0.25) is 0 Å². The van der Waals surface area contributed by atoms with E-state index < -0.39 is 0 Å². The lowest BCUT2D eigenvalue weighted by Gasteiger charge is -2.29. The van der Waals surface area contributed by atoms with Crippen LogP contribution in [0.3, 0.4) is 0 Å². The van der Waals surface area contributed by atoms with E-state index in [0.29, 0.717) is 6.04 Å². The summed E-state index contributed by atoms with van der Waals surface area (Å²) in [5, 5.41) is 3.41. The van der Waals surface area contributed by atoms with Gasteiger partial charge in [0.25, 0.3) is 0 Å². The highest BCUT2D eigenvalue weighted by Crippen LogP contribution is 2.37. The second-order valence-corrected chi connectivity index (χ2v) is 6.30. The Hall–Kier alpha value is -0.860. The van der Waals surface area contributed by atoms with E-state index in [9.17, 15) is 0 Å². The molecular formula is C17H27NO. The zero-order chi connectivity index (χ0) is 13.9. The second-order valence-electron chi connectivity index (χ2n) is 6.30. The average Bonchev–Trinajstić information content (AvgIpc) is 2.35. The van der Waals surface area contributed by atoms with Crippen molar-refractivity contribution in [3.63, 3.8) is 0 Å². The van der Waals surface area contributed by atoms with Crippen molar-refractivity contribution in [2.24, 2.45) is 0 Å². The van der Waals surface area contributed by atoms with E-state index in [0.717, 1.165) is 12.3 Å². The molecule has 1 aliphatic carbocycles. The molecule has 1 aromatic rings. The summed E-state index contributed by atoms with van der Waals surface area (Å²) in [6.45, 7) is 4.28. The molecule has 1 saturated carbocycles. The fourth-order valence-corrected chi connectivity index (χ4v) is 2.70. The Labute approximate surface area is 117 Å². The molecule has 0 aromatic heterocycles. The quantitative estimate of drug-likeness (QED) is 0.834. The lowest BCUT2D eigenvalue weighted by Crippen LogP contribution is -2.30. The van der Waals surface area contributed by atoms with Crippen molar-refractivity contribution in [3.05, 3.63) is 35.4 Å². The van der Waals surface area contributed by atoms with Gasteiger partial charge in [0.05, 0.1) is 5.60 Å². The molecule has 0 heterocycles. The van der Waals surface area contributed by atoms with Crippen LogP contribution in [0.5, 0.6) is 0 Å². The molecule has 2 nitrogen and oxygen atoms in total. The van der Waals surface area contributed by atoms with Crippen LogP contribution in [0.1, 0.15) is 62.6 Å². The monoisotopic (exact) mass is 261 g/mol. The Morgan fingerprint density at radius 3 is 2.32 bits per heavy atom. The lowest BCUT2D eigenvalue weighted by molar-refractivity contribution is 0.00744. The molecule has 1 aromatic carbocycles. The molecule has 0 aliphatic heterocycles. The molecule has 1 N–H and O–H groups in total. The maximum absolute atomic E-state index is 5.54. The van der Waals surface area contributed by atoms with E-state index in [1.165, 1.54) is 30.4 Å². The second kappa shape index (κ2) is 6.06. The summed E-state index contributed by atoms with van der Waals surface area (Å²) in [5.41, 5.74) is 2.77. The van der Waals surface area contributed by atoms with Crippen molar-refractivity contribution >= 4 is 0 Å². The van der Waals surface area contributed by atoms with Crippen molar-refractivity contribution in [1.29, 1.82) is 0 Å². The van der Waals surface area contributed by atoms with Crippen molar-refractivity contribution in [1.82, 2.24) is 5.32 Å². The van der Waals surface area contributed by atoms with Gasteiger partial charge in [0.1, 0.15) is 0 Å². The molecule has 2 heteroatoms. The predicted molar refractivity (Wildman–Crippen MR) is 80.5 cm³/mol. The number of hydrogen-bond donors (Lipinski definition) is 1. The fourth-order valence-electron chi connectivity index (χ4n) is 2.70.